The Labute approximate surface area is 216 Å². The van der Waals surface area contributed by atoms with Gasteiger partial charge in [-0.15, -0.1) is 0 Å². The van der Waals surface area contributed by atoms with Crippen LogP contribution >= 0.6 is 0 Å². The minimum absolute atomic E-state index is 0. The van der Waals surface area contributed by atoms with E-state index in [0.29, 0.717) is 4.22 Å². The maximum Gasteiger partial charge on any atom is -1.00 e. The van der Waals surface area contributed by atoms with Crippen LogP contribution in [-0.4, -0.2) is 4.57 Å². The average molecular weight is 504 g/mol. The first-order valence-electron chi connectivity index (χ1n) is 10.9. The molecule has 0 amide bonds. The second-order valence-corrected chi connectivity index (χ2v) is 10.6. The minimum atomic E-state index is -0.357. The fourth-order valence-corrected chi connectivity index (χ4v) is 7.54. The van der Waals surface area contributed by atoms with Gasteiger partial charge in [-0.3, -0.25) is 0 Å². The van der Waals surface area contributed by atoms with Crippen LogP contribution in [0.2, 0.25) is 0 Å². The molecule has 2 aliphatic rings. The average Bonchev–Trinajstić information content (AvgIpc) is 3.52. The molecule has 2 aliphatic carbocycles. The topological polar surface area (TPSA) is 4.93 Å². The largest absolute Gasteiger partial charge is 1.00 e. The van der Waals surface area contributed by atoms with Gasteiger partial charge in [0.1, 0.15) is 0 Å². The Bertz CT molecular complexity index is 1360. The third-order valence-corrected chi connectivity index (χ3v) is 9.13. The van der Waals surface area contributed by atoms with Gasteiger partial charge in [-0.25, -0.2) is 0 Å². The number of allylic oxidation sites excluding steroid dienone is 5. The molecule has 3 aromatic carbocycles. The van der Waals surface area contributed by atoms with Gasteiger partial charge in [-0.2, -0.15) is 0 Å². The molecule has 0 saturated carbocycles. The van der Waals surface area contributed by atoms with Crippen LogP contribution in [0.3, 0.4) is 0 Å². The Balaban J connectivity index is 0.00000130. The molecular formula is C29H23Cl2NTi. The summed E-state index contributed by atoms with van der Waals surface area (Å²) in [6, 6.07) is 30.9. The fourth-order valence-electron chi connectivity index (χ4n) is 4.83. The molecule has 0 N–H and O–H groups in total. The number of nitrogens with zero attached hydrogens (tertiary/aromatic N) is 1. The summed E-state index contributed by atoms with van der Waals surface area (Å²) in [7, 11) is 0. The van der Waals surface area contributed by atoms with Crippen molar-refractivity contribution in [2.45, 2.75) is 17.1 Å². The van der Waals surface area contributed by atoms with E-state index < -0.39 is 0 Å². The van der Waals surface area contributed by atoms with Crippen molar-refractivity contribution in [3.63, 3.8) is 0 Å². The van der Waals surface area contributed by atoms with Crippen molar-refractivity contribution in [1.82, 2.24) is 4.57 Å². The van der Waals surface area contributed by atoms with Crippen LogP contribution < -0.4 is 24.8 Å². The van der Waals surface area contributed by atoms with Gasteiger partial charge in [0.25, 0.3) is 0 Å². The number of halogens is 2. The number of hydrogen-bond acceptors (Lipinski definition) is 0. The Morgan fingerprint density at radius 3 is 2.45 bits per heavy atom. The summed E-state index contributed by atoms with van der Waals surface area (Å²) in [5.74, 6) is 0. The molecule has 162 valence electrons. The fraction of sp³-hybridized carbons (Fsp3) is 0.103. The molecule has 0 radical (unpaired) electrons. The SMILES string of the molecule is C1=CC(Cc2ccccc2)=[C]([Ti+2][CH]2C(n3ccc4ccccc43)=Cc3ccccc32)C1.[Cl-].[Cl-]. The Morgan fingerprint density at radius 2 is 1.58 bits per heavy atom. The molecule has 4 aromatic rings. The number of para-hydroxylation sites is 1. The molecule has 0 bridgehead atoms. The second-order valence-electron chi connectivity index (χ2n) is 8.29. The van der Waals surface area contributed by atoms with Crippen LogP contribution in [-0.2, 0) is 25.6 Å². The zero-order valence-corrected chi connectivity index (χ0v) is 21.2. The van der Waals surface area contributed by atoms with Crippen LogP contribution in [0.25, 0.3) is 22.7 Å². The number of hydrogen-bond donors (Lipinski definition) is 0. The van der Waals surface area contributed by atoms with Gasteiger partial charge in [0, 0.05) is 0 Å². The van der Waals surface area contributed by atoms with E-state index >= 15 is 0 Å². The van der Waals surface area contributed by atoms with Crippen molar-refractivity contribution in [1.29, 1.82) is 0 Å². The molecule has 1 nitrogen and oxygen atoms in total. The molecule has 6 rings (SSSR count). The van der Waals surface area contributed by atoms with Crippen LogP contribution in [0.5, 0.6) is 0 Å². The quantitative estimate of drug-likeness (QED) is 0.361. The van der Waals surface area contributed by atoms with Crippen molar-refractivity contribution in [2.75, 3.05) is 0 Å². The van der Waals surface area contributed by atoms with Gasteiger partial charge in [0.15, 0.2) is 0 Å². The Morgan fingerprint density at radius 1 is 0.818 bits per heavy atom. The third-order valence-electron chi connectivity index (χ3n) is 6.37. The summed E-state index contributed by atoms with van der Waals surface area (Å²) >= 11 is -0.357. The van der Waals surface area contributed by atoms with E-state index in [9.17, 15) is 0 Å². The van der Waals surface area contributed by atoms with Crippen molar-refractivity contribution in [3.8, 4) is 0 Å². The van der Waals surface area contributed by atoms with Crippen LogP contribution in [0.4, 0.5) is 0 Å². The maximum atomic E-state index is 2.43. The standard InChI is InChI=1S/C17H12N.C12H11.2ClH.Ti/c1-2-7-15-12-16(11-14(15)6-1)18-10-9-13-5-3-4-8-17(13)18;1-2-6-11(7-3-1)10-12-8-4-5-9-12;;;/h1-12H;1-4,6-8H,5,10H2;2*1H;/q;;;;+2/p-2. The monoisotopic (exact) mass is 503 g/mol. The summed E-state index contributed by atoms with van der Waals surface area (Å²) in [4.78, 5) is 0. The number of rotatable bonds is 5. The first-order chi connectivity index (χ1) is 15.4. The molecular weight excluding hydrogens is 481 g/mol. The Kier molecular flexibility index (Phi) is 7.46. The van der Waals surface area contributed by atoms with Crippen molar-refractivity contribution in [3.05, 3.63) is 129 Å². The van der Waals surface area contributed by atoms with E-state index in [0.717, 1.165) is 12.8 Å². The van der Waals surface area contributed by atoms with E-state index in [1.807, 2.05) is 0 Å². The van der Waals surface area contributed by atoms with E-state index in [-0.39, 0.29) is 44.0 Å². The molecule has 0 spiro atoms. The molecule has 0 aliphatic heterocycles. The summed E-state index contributed by atoms with van der Waals surface area (Å²) in [6.07, 6.45) is 11.6. The summed E-state index contributed by atoms with van der Waals surface area (Å²) in [5.41, 5.74) is 8.61. The maximum absolute atomic E-state index is 2.43. The first kappa shape index (κ1) is 23.9. The Hall–Kier alpha value is -2.29. The zero-order chi connectivity index (χ0) is 20.6. The summed E-state index contributed by atoms with van der Waals surface area (Å²) in [6.45, 7) is 0. The minimum Gasteiger partial charge on any atom is -1.00 e. The molecule has 33 heavy (non-hydrogen) atoms. The smallest absolute Gasteiger partial charge is 1.00 e. The van der Waals surface area contributed by atoms with E-state index in [4.69, 9.17) is 0 Å². The van der Waals surface area contributed by atoms with Gasteiger partial charge in [0.2, 0.25) is 0 Å². The summed E-state index contributed by atoms with van der Waals surface area (Å²) < 4.78 is 4.64. The van der Waals surface area contributed by atoms with E-state index in [2.05, 4.69) is 114 Å². The van der Waals surface area contributed by atoms with Gasteiger partial charge in [-0.1, -0.05) is 0 Å². The molecule has 0 fully saturated rings. The molecule has 1 unspecified atom stereocenters. The normalized spacial score (nSPS) is 16.1. The predicted molar refractivity (Wildman–Crippen MR) is 126 cm³/mol. The summed E-state index contributed by atoms with van der Waals surface area (Å²) in [5, 5.41) is 1.31. The number of fused-ring (bicyclic) bond motifs is 2. The van der Waals surface area contributed by atoms with Gasteiger partial charge in [0.05, 0.1) is 0 Å². The number of aromatic nitrogens is 1. The van der Waals surface area contributed by atoms with Crippen LogP contribution in [0, 0.1) is 0 Å². The number of benzene rings is 3. The van der Waals surface area contributed by atoms with Crippen LogP contribution in [0.1, 0.15) is 27.3 Å². The van der Waals surface area contributed by atoms with E-state index in [1.165, 1.54) is 33.3 Å². The molecule has 1 heterocycles. The van der Waals surface area contributed by atoms with Gasteiger partial charge < -0.3 is 24.8 Å². The zero-order valence-electron chi connectivity index (χ0n) is 18.1. The molecule has 1 atom stereocenters. The third kappa shape index (κ3) is 4.56. The van der Waals surface area contributed by atoms with Crippen molar-refractivity contribution < 1.29 is 44.0 Å². The second kappa shape index (κ2) is 10.3. The van der Waals surface area contributed by atoms with Gasteiger partial charge in [-0.05, 0) is 0 Å². The predicted octanol–water partition coefficient (Wildman–Crippen LogP) is 1.24. The molecule has 4 heteroatoms. The van der Waals surface area contributed by atoms with Crippen LogP contribution in [0.15, 0.2) is 113 Å². The van der Waals surface area contributed by atoms with E-state index in [1.54, 1.807) is 9.45 Å². The van der Waals surface area contributed by atoms with Crippen molar-refractivity contribution in [2.24, 2.45) is 0 Å². The first-order valence-corrected chi connectivity index (χ1v) is 12.6. The molecule has 0 saturated heterocycles. The van der Waals surface area contributed by atoms with Crippen molar-refractivity contribution >= 4 is 22.7 Å². The molecule has 1 aromatic heterocycles. The van der Waals surface area contributed by atoms with Gasteiger partial charge >= 0.3 is 193 Å².